The molecular formula is C16H15ClN4O2. The highest BCUT2D eigenvalue weighted by molar-refractivity contribution is 6.30. The first-order valence-electron chi connectivity index (χ1n) is 7.05. The Morgan fingerprint density at radius 1 is 1.35 bits per heavy atom. The number of carbonyl (C=O) groups excluding carboxylic acids is 1. The van der Waals surface area contributed by atoms with Gasteiger partial charge in [0.2, 0.25) is 11.8 Å². The van der Waals surface area contributed by atoms with E-state index in [1.165, 1.54) is 6.26 Å². The smallest absolute Gasteiger partial charge is 0.226 e. The van der Waals surface area contributed by atoms with Crippen molar-refractivity contribution in [3.05, 3.63) is 59.2 Å². The van der Waals surface area contributed by atoms with Crippen molar-refractivity contribution in [2.75, 3.05) is 0 Å². The van der Waals surface area contributed by atoms with Gasteiger partial charge in [0.05, 0.1) is 18.3 Å². The monoisotopic (exact) mass is 330 g/mol. The van der Waals surface area contributed by atoms with Crippen LogP contribution in [0.2, 0.25) is 5.02 Å². The number of aryl methyl sites for hydroxylation is 1. The van der Waals surface area contributed by atoms with Crippen LogP contribution >= 0.6 is 11.6 Å². The summed E-state index contributed by atoms with van der Waals surface area (Å²) in [7, 11) is 1.83. The standard InChI is InChI=1S/C16H15ClN4O2/c1-21-9-11(8-19-21)7-18-15(22)6-14-10-23-16(20-14)12-2-4-13(17)5-3-12/h2-5,8-10H,6-7H2,1H3,(H,18,22). The molecule has 0 spiro atoms. The van der Waals surface area contributed by atoms with E-state index in [0.717, 1.165) is 11.1 Å². The number of nitrogens with one attached hydrogen (secondary N) is 1. The first-order valence-corrected chi connectivity index (χ1v) is 7.42. The highest BCUT2D eigenvalue weighted by Gasteiger charge is 2.10. The van der Waals surface area contributed by atoms with E-state index in [1.54, 1.807) is 23.0 Å². The third kappa shape index (κ3) is 3.98. The van der Waals surface area contributed by atoms with Crippen LogP contribution in [0.25, 0.3) is 11.5 Å². The van der Waals surface area contributed by atoms with Crippen molar-refractivity contribution in [2.45, 2.75) is 13.0 Å². The summed E-state index contributed by atoms with van der Waals surface area (Å²) < 4.78 is 7.10. The molecule has 0 fully saturated rings. The Labute approximate surface area is 138 Å². The minimum Gasteiger partial charge on any atom is -0.444 e. The molecule has 2 aromatic heterocycles. The van der Waals surface area contributed by atoms with Gasteiger partial charge < -0.3 is 9.73 Å². The molecule has 1 aromatic carbocycles. The Kier molecular flexibility index (Phi) is 4.43. The lowest BCUT2D eigenvalue weighted by molar-refractivity contribution is -0.120. The molecule has 7 heteroatoms. The van der Waals surface area contributed by atoms with Crippen LogP contribution in [0.4, 0.5) is 0 Å². The van der Waals surface area contributed by atoms with Crippen molar-refractivity contribution in [3.63, 3.8) is 0 Å². The molecule has 0 bridgehead atoms. The van der Waals surface area contributed by atoms with Crippen molar-refractivity contribution in [2.24, 2.45) is 7.05 Å². The Hall–Kier alpha value is -2.60. The van der Waals surface area contributed by atoms with E-state index < -0.39 is 0 Å². The van der Waals surface area contributed by atoms with E-state index in [2.05, 4.69) is 15.4 Å². The highest BCUT2D eigenvalue weighted by atomic mass is 35.5. The molecule has 6 nitrogen and oxygen atoms in total. The minimum absolute atomic E-state index is 0.121. The summed E-state index contributed by atoms with van der Waals surface area (Å²) in [4.78, 5) is 16.3. The normalized spacial score (nSPS) is 10.7. The number of amides is 1. The van der Waals surface area contributed by atoms with Gasteiger partial charge in [-0.05, 0) is 24.3 Å². The molecule has 0 aliphatic rings. The van der Waals surface area contributed by atoms with Gasteiger partial charge in [-0.2, -0.15) is 5.10 Å². The van der Waals surface area contributed by atoms with Crippen molar-refractivity contribution in [3.8, 4) is 11.5 Å². The number of rotatable bonds is 5. The summed E-state index contributed by atoms with van der Waals surface area (Å²) in [5.74, 6) is 0.349. The SMILES string of the molecule is Cn1cc(CNC(=O)Cc2coc(-c3ccc(Cl)cc3)n2)cn1. The second kappa shape index (κ2) is 6.66. The molecule has 1 N–H and O–H groups in total. The van der Waals surface area contributed by atoms with Crippen LogP contribution in [-0.2, 0) is 24.8 Å². The molecule has 0 saturated carbocycles. The van der Waals surface area contributed by atoms with Crippen LogP contribution in [0.5, 0.6) is 0 Å². The zero-order valence-corrected chi connectivity index (χ0v) is 13.2. The fourth-order valence-corrected chi connectivity index (χ4v) is 2.23. The lowest BCUT2D eigenvalue weighted by Crippen LogP contribution is -2.24. The molecule has 3 rings (SSSR count). The molecule has 0 unspecified atom stereocenters. The van der Waals surface area contributed by atoms with Crippen molar-refractivity contribution in [1.82, 2.24) is 20.1 Å². The fourth-order valence-electron chi connectivity index (χ4n) is 2.10. The minimum atomic E-state index is -0.121. The first-order chi connectivity index (χ1) is 11.1. The van der Waals surface area contributed by atoms with Crippen LogP contribution in [0, 0.1) is 0 Å². The lowest BCUT2D eigenvalue weighted by atomic mass is 10.2. The molecule has 0 aliphatic carbocycles. The maximum atomic E-state index is 11.9. The Balaban J connectivity index is 1.58. The highest BCUT2D eigenvalue weighted by Crippen LogP contribution is 2.21. The Morgan fingerprint density at radius 2 is 2.13 bits per heavy atom. The largest absolute Gasteiger partial charge is 0.444 e. The van der Waals surface area contributed by atoms with E-state index >= 15 is 0 Å². The lowest BCUT2D eigenvalue weighted by Gasteiger charge is -2.01. The number of hydrogen-bond acceptors (Lipinski definition) is 4. The molecule has 0 aliphatic heterocycles. The van der Waals surface area contributed by atoms with Gasteiger partial charge in [-0.15, -0.1) is 0 Å². The number of hydrogen-bond donors (Lipinski definition) is 1. The molecule has 118 valence electrons. The molecular weight excluding hydrogens is 316 g/mol. The van der Waals surface area contributed by atoms with E-state index in [9.17, 15) is 4.79 Å². The van der Waals surface area contributed by atoms with Crippen molar-refractivity contribution >= 4 is 17.5 Å². The topological polar surface area (TPSA) is 73.0 Å². The second-order valence-electron chi connectivity index (χ2n) is 5.13. The molecule has 0 saturated heterocycles. The number of aromatic nitrogens is 3. The summed E-state index contributed by atoms with van der Waals surface area (Å²) in [5.41, 5.74) is 2.35. The number of halogens is 1. The van der Waals surface area contributed by atoms with Gasteiger partial charge in [0, 0.05) is 35.9 Å². The third-order valence-corrected chi connectivity index (χ3v) is 3.48. The summed E-state index contributed by atoms with van der Waals surface area (Å²) in [6.07, 6.45) is 5.23. The van der Waals surface area contributed by atoms with Gasteiger partial charge >= 0.3 is 0 Å². The van der Waals surface area contributed by atoms with Gasteiger partial charge in [0.1, 0.15) is 6.26 Å². The molecule has 3 aromatic rings. The average molecular weight is 331 g/mol. The Morgan fingerprint density at radius 3 is 2.83 bits per heavy atom. The number of oxazole rings is 1. The van der Waals surface area contributed by atoms with Gasteiger partial charge in [-0.25, -0.2) is 4.98 Å². The van der Waals surface area contributed by atoms with Crippen LogP contribution in [0.1, 0.15) is 11.3 Å². The van der Waals surface area contributed by atoms with Crippen LogP contribution in [0.3, 0.4) is 0 Å². The van der Waals surface area contributed by atoms with Gasteiger partial charge in [0.15, 0.2) is 0 Å². The van der Waals surface area contributed by atoms with Crippen LogP contribution < -0.4 is 5.32 Å². The van der Waals surface area contributed by atoms with E-state index in [4.69, 9.17) is 16.0 Å². The quantitative estimate of drug-likeness (QED) is 0.780. The zero-order chi connectivity index (χ0) is 16.2. The van der Waals surface area contributed by atoms with Crippen molar-refractivity contribution in [1.29, 1.82) is 0 Å². The third-order valence-electron chi connectivity index (χ3n) is 3.23. The van der Waals surface area contributed by atoms with E-state index in [1.807, 2.05) is 25.4 Å². The zero-order valence-electron chi connectivity index (χ0n) is 12.5. The fraction of sp³-hybridized carbons (Fsp3) is 0.188. The van der Waals surface area contributed by atoms with Gasteiger partial charge in [0.25, 0.3) is 0 Å². The van der Waals surface area contributed by atoms with Gasteiger partial charge in [-0.3, -0.25) is 9.48 Å². The predicted octanol–water partition coefficient (Wildman–Crippen LogP) is 2.59. The van der Waals surface area contributed by atoms with Crippen LogP contribution in [-0.4, -0.2) is 20.7 Å². The van der Waals surface area contributed by atoms with E-state index in [0.29, 0.717) is 23.2 Å². The number of carbonyl (C=O) groups is 1. The molecule has 2 heterocycles. The molecule has 0 radical (unpaired) electrons. The molecule has 0 atom stereocenters. The summed E-state index contributed by atoms with van der Waals surface area (Å²) in [6, 6.07) is 7.17. The average Bonchev–Trinajstić information content (AvgIpc) is 3.15. The number of nitrogens with zero attached hydrogens (tertiary/aromatic N) is 3. The first kappa shape index (κ1) is 15.3. The van der Waals surface area contributed by atoms with Crippen LogP contribution in [0.15, 0.2) is 47.3 Å². The Bertz CT molecular complexity index is 808. The predicted molar refractivity (Wildman–Crippen MR) is 85.7 cm³/mol. The molecule has 1 amide bonds. The summed E-state index contributed by atoms with van der Waals surface area (Å²) >= 11 is 5.85. The van der Waals surface area contributed by atoms with Crippen molar-refractivity contribution < 1.29 is 9.21 Å². The summed E-state index contributed by atoms with van der Waals surface area (Å²) in [6.45, 7) is 0.439. The molecule has 23 heavy (non-hydrogen) atoms. The number of benzene rings is 1. The second-order valence-corrected chi connectivity index (χ2v) is 5.56. The summed E-state index contributed by atoms with van der Waals surface area (Å²) in [5, 5.41) is 7.52. The van der Waals surface area contributed by atoms with Gasteiger partial charge in [-0.1, -0.05) is 11.6 Å². The maximum Gasteiger partial charge on any atom is 0.226 e. The van der Waals surface area contributed by atoms with E-state index in [-0.39, 0.29) is 12.3 Å². The maximum absolute atomic E-state index is 11.9.